The van der Waals surface area contributed by atoms with Crippen LogP contribution in [0.25, 0.3) is 33.2 Å². The Kier molecular flexibility index (Phi) is 7.68. The van der Waals surface area contributed by atoms with E-state index in [1.807, 2.05) is 26.4 Å². The number of rotatable bonds is 7. The van der Waals surface area contributed by atoms with Crippen LogP contribution in [-0.4, -0.2) is 38.3 Å². The van der Waals surface area contributed by atoms with Gasteiger partial charge in [0.2, 0.25) is 0 Å². The third-order valence-electron chi connectivity index (χ3n) is 7.26. The van der Waals surface area contributed by atoms with E-state index in [9.17, 15) is 0 Å². The SMILES string of the molecule is Cc1cc(C)cc(-c2cnc3cc(Cl)c(-c4ccc(N(C)C)cc4)cc3c2OCCC2CCCCN2)c1. The first-order valence-corrected chi connectivity index (χ1v) is 13.6. The average Bonchev–Trinajstić information content (AvgIpc) is 2.88. The number of aryl methyl sites for hydroxylation is 2. The lowest BCUT2D eigenvalue weighted by atomic mass is 9.97. The Morgan fingerprint density at radius 1 is 0.946 bits per heavy atom. The van der Waals surface area contributed by atoms with Crippen LogP contribution in [0.5, 0.6) is 5.75 Å². The zero-order chi connectivity index (χ0) is 25.9. The first kappa shape index (κ1) is 25.6. The summed E-state index contributed by atoms with van der Waals surface area (Å²) >= 11 is 6.80. The van der Waals surface area contributed by atoms with E-state index in [1.54, 1.807) is 0 Å². The highest BCUT2D eigenvalue weighted by molar-refractivity contribution is 6.34. The molecule has 192 valence electrons. The zero-order valence-electron chi connectivity index (χ0n) is 22.3. The Balaban J connectivity index is 1.59. The van der Waals surface area contributed by atoms with E-state index < -0.39 is 0 Å². The number of halogens is 1. The van der Waals surface area contributed by atoms with Gasteiger partial charge in [0.15, 0.2) is 0 Å². The van der Waals surface area contributed by atoms with Gasteiger partial charge < -0.3 is 15.0 Å². The van der Waals surface area contributed by atoms with Crippen molar-refractivity contribution in [1.29, 1.82) is 0 Å². The lowest BCUT2D eigenvalue weighted by Gasteiger charge is -2.24. The highest BCUT2D eigenvalue weighted by Gasteiger charge is 2.18. The number of hydrogen-bond acceptors (Lipinski definition) is 4. The Labute approximate surface area is 225 Å². The van der Waals surface area contributed by atoms with Crippen LogP contribution < -0.4 is 15.0 Å². The summed E-state index contributed by atoms with van der Waals surface area (Å²) in [6.45, 7) is 6.03. The van der Waals surface area contributed by atoms with Crippen molar-refractivity contribution in [2.45, 2.75) is 45.6 Å². The summed E-state index contributed by atoms with van der Waals surface area (Å²) in [4.78, 5) is 6.92. The summed E-state index contributed by atoms with van der Waals surface area (Å²) in [5.74, 6) is 0.883. The fraction of sp³-hybridized carbons (Fsp3) is 0.344. The minimum absolute atomic E-state index is 0.520. The number of benzene rings is 3. The van der Waals surface area contributed by atoms with Crippen LogP contribution in [0.2, 0.25) is 5.02 Å². The van der Waals surface area contributed by atoms with Gasteiger partial charge in [-0.2, -0.15) is 0 Å². The van der Waals surface area contributed by atoms with Gasteiger partial charge in [0, 0.05) is 48.5 Å². The molecule has 1 aliphatic rings. The van der Waals surface area contributed by atoms with Crippen molar-refractivity contribution in [2.24, 2.45) is 0 Å². The van der Waals surface area contributed by atoms with Gasteiger partial charge in [-0.1, -0.05) is 59.5 Å². The second-order valence-corrected chi connectivity index (χ2v) is 10.9. The monoisotopic (exact) mass is 513 g/mol. The van der Waals surface area contributed by atoms with Crippen molar-refractivity contribution in [3.8, 4) is 28.0 Å². The number of piperidine rings is 1. The summed E-state index contributed by atoms with van der Waals surface area (Å²) in [6.07, 6.45) is 6.70. The molecule has 1 aliphatic heterocycles. The molecule has 4 nitrogen and oxygen atoms in total. The number of hydrogen-bond donors (Lipinski definition) is 1. The van der Waals surface area contributed by atoms with Gasteiger partial charge in [-0.25, -0.2) is 0 Å². The summed E-state index contributed by atoms with van der Waals surface area (Å²) < 4.78 is 6.64. The average molecular weight is 514 g/mol. The maximum Gasteiger partial charge on any atom is 0.138 e. The standard InChI is InChI=1S/C32H36ClN3O/c1-21-15-22(2)17-24(16-21)29-20-35-31-19-30(33)27(23-8-10-26(11-9-23)36(3)4)18-28(31)32(29)37-14-12-25-7-5-6-13-34-25/h8-11,15-20,25,34H,5-7,12-14H2,1-4H3. The molecule has 0 spiro atoms. The maximum absolute atomic E-state index is 6.80. The topological polar surface area (TPSA) is 37.4 Å². The normalized spacial score (nSPS) is 15.6. The lowest BCUT2D eigenvalue weighted by molar-refractivity contribution is 0.271. The Bertz CT molecular complexity index is 1370. The molecule has 0 radical (unpaired) electrons. The van der Waals surface area contributed by atoms with Gasteiger partial charge in [0.1, 0.15) is 5.75 Å². The second kappa shape index (κ2) is 11.1. The van der Waals surface area contributed by atoms with Crippen molar-refractivity contribution >= 4 is 28.2 Å². The van der Waals surface area contributed by atoms with Gasteiger partial charge >= 0.3 is 0 Å². The molecule has 1 aromatic heterocycles. The van der Waals surface area contributed by atoms with E-state index in [2.05, 4.69) is 72.6 Å². The largest absolute Gasteiger partial charge is 0.492 e. The molecule has 1 unspecified atom stereocenters. The molecule has 3 aromatic carbocycles. The van der Waals surface area contributed by atoms with E-state index in [0.29, 0.717) is 17.7 Å². The number of fused-ring (bicyclic) bond motifs is 1. The van der Waals surface area contributed by atoms with Crippen molar-refractivity contribution in [3.63, 3.8) is 0 Å². The summed E-state index contributed by atoms with van der Waals surface area (Å²) in [7, 11) is 4.09. The van der Waals surface area contributed by atoms with Gasteiger partial charge in [-0.15, -0.1) is 0 Å². The van der Waals surface area contributed by atoms with Gasteiger partial charge in [0.05, 0.1) is 17.1 Å². The minimum atomic E-state index is 0.520. The van der Waals surface area contributed by atoms with Crippen LogP contribution in [0.3, 0.4) is 0 Å². The van der Waals surface area contributed by atoms with E-state index in [-0.39, 0.29) is 0 Å². The first-order valence-electron chi connectivity index (χ1n) is 13.2. The molecule has 0 bridgehead atoms. The van der Waals surface area contributed by atoms with E-state index >= 15 is 0 Å². The Morgan fingerprint density at radius 2 is 1.70 bits per heavy atom. The molecular formula is C32H36ClN3O. The molecule has 1 atom stereocenters. The Morgan fingerprint density at radius 3 is 2.38 bits per heavy atom. The number of pyridine rings is 1. The van der Waals surface area contributed by atoms with Crippen molar-refractivity contribution < 1.29 is 4.74 Å². The molecule has 4 aromatic rings. The maximum atomic E-state index is 6.80. The number of aromatic nitrogens is 1. The molecule has 1 N–H and O–H groups in total. The van der Waals surface area contributed by atoms with Gasteiger partial charge in [0.25, 0.3) is 0 Å². The fourth-order valence-electron chi connectivity index (χ4n) is 5.31. The number of nitrogens with one attached hydrogen (secondary N) is 1. The molecule has 5 heteroatoms. The van der Waals surface area contributed by atoms with Crippen molar-refractivity contribution in [3.05, 3.63) is 76.9 Å². The van der Waals surface area contributed by atoms with Gasteiger partial charge in [-0.3, -0.25) is 4.98 Å². The highest BCUT2D eigenvalue weighted by Crippen LogP contribution is 2.41. The van der Waals surface area contributed by atoms with Crippen LogP contribution in [0, 0.1) is 13.8 Å². The molecule has 0 amide bonds. The second-order valence-electron chi connectivity index (χ2n) is 10.5. The minimum Gasteiger partial charge on any atom is -0.492 e. The fourth-order valence-corrected chi connectivity index (χ4v) is 5.58. The third-order valence-corrected chi connectivity index (χ3v) is 7.57. The molecule has 1 saturated heterocycles. The molecule has 5 rings (SSSR count). The number of nitrogens with zero attached hydrogens (tertiary/aromatic N) is 2. The molecule has 0 aliphatic carbocycles. The van der Waals surface area contributed by atoms with Crippen molar-refractivity contribution in [1.82, 2.24) is 10.3 Å². The van der Waals surface area contributed by atoms with E-state index in [1.165, 1.54) is 30.4 Å². The van der Waals surface area contributed by atoms with Crippen LogP contribution in [0.15, 0.2) is 60.8 Å². The van der Waals surface area contributed by atoms with E-state index in [4.69, 9.17) is 21.3 Å². The third kappa shape index (κ3) is 5.76. The van der Waals surface area contributed by atoms with Gasteiger partial charge in [-0.05, 0) is 75.0 Å². The highest BCUT2D eigenvalue weighted by atomic mass is 35.5. The molecule has 0 saturated carbocycles. The Hall–Kier alpha value is -3.08. The van der Waals surface area contributed by atoms with Crippen LogP contribution in [0.1, 0.15) is 36.8 Å². The molecule has 37 heavy (non-hydrogen) atoms. The first-order chi connectivity index (χ1) is 17.9. The summed E-state index contributed by atoms with van der Waals surface area (Å²) in [5.41, 5.74) is 8.66. The molecular weight excluding hydrogens is 478 g/mol. The molecule has 1 fully saturated rings. The summed E-state index contributed by atoms with van der Waals surface area (Å²) in [5, 5.41) is 5.32. The quantitative estimate of drug-likeness (QED) is 0.273. The molecule has 2 heterocycles. The zero-order valence-corrected chi connectivity index (χ0v) is 23.0. The predicted molar refractivity (Wildman–Crippen MR) is 157 cm³/mol. The van der Waals surface area contributed by atoms with Crippen LogP contribution in [0.4, 0.5) is 5.69 Å². The lowest BCUT2D eigenvalue weighted by Crippen LogP contribution is -2.35. The number of ether oxygens (including phenoxy) is 1. The van der Waals surface area contributed by atoms with Crippen LogP contribution >= 0.6 is 11.6 Å². The predicted octanol–water partition coefficient (Wildman–Crippen LogP) is 7.82. The van der Waals surface area contributed by atoms with Crippen molar-refractivity contribution in [2.75, 3.05) is 32.1 Å². The smallest absolute Gasteiger partial charge is 0.138 e. The van der Waals surface area contributed by atoms with Crippen LogP contribution in [-0.2, 0) is 0 Å². The van der Waals surface area contributed by atoms with E-state index in [0.717, 1.165) is 57.6 Å². The summed E-state index contributed by atoms with van der Waals surface area (Å²) in [6, 6.07) is 19.7. The number of anilines is 1.